The van der Waals surface area contributed by atoms with Crippen molar-refractivity contribution in [2.45, 2.75) is 51.5 Å². The van der Waals surface area contributed by atoms with Gasteiger partial charge in [0.25, 0.3) is 0 Å². The molecular formula is C15H26N4OS. The predicted molar refractivity (Wildman–Crippen MR) is 88.7 cm³/mol. The number of hydrogen-bond acceptors (Lipinski definition) is 4. The van der Waals surface area contributed by atoms with E-state index in [0.29, 0.717) is 5.92 Å². The molecule has 0 spiro atoms. The molecule has 0 radical (unpaired) electrons. The van der Waals surface area contributed by atoms with Crippen molar-refractivity contribution in [1.29, 1.82) is 0 Å². The molecule has 2 aliphatic rings. The van der Waals surface area contributed by atoms with Gasteiger partial charge in [-0.25, -0.2) is 0 Å². The van der Waals surface area contributed by atoms with E-state index < -0.39 is 0 Å². The number of carbonyl (C=O) groups is 1. The van der Waals surface area contributed by atoms with Crippen LogP contribution < -0.4 is 10.5 Å². The number of likely N-dealkylation sites (tertiary alicyclic amines) is 1. The maximum absolute atomic E-state index is 11.0. The lowest BCUT2D eigenvalue weighted by Crippen LogP contribution is -2.36. The molecule has 6 heteroatoms. The zero-order chi connectivity index (χ0) is 15.3. The van der Waals surface area contributed by atoms with Crippen molar-refractivity contribution < 1.29 is 4.79 Å². The Labute approximate surface area is 131 Å². The van der Waals surface area contributed by atoms with Gasteiger partial charge in [-0.2, -0.15) is 0 Å². The van der Waals surface area contributed by atoms with Crippen LogP contribution in [0, 0.1) is 5.92 Å². The van der Waals surface area contributed by atoms with E-state index in [1.54, 1.807) is 0 Å². The van der Waals surface area contributed by atoms with E-state index in [1.807, 2.05) is 4.90 Å². The molecule has 21 heavy (non-hydrogen) atoms. The summed E-state index contributed by atoms with van der Waals surface area (Å²) in [5.41, 5.74) is 0.0152. The molecule has 3 N–H and O–H groups in total. The molecule has 2 aliphatic heterocycles. The van der Waals surface area contributed by atoms with Crippen molar-refractivity contribution in [3.63, 3.8) is 0 Å². The summed E-state index contributed by atoms with van der Waals surface area (Å²) in [6.45, 7) is 6.03. The Kier molecular flexibility index (Phi) is 5.70. The van der Waals surface area contributed by atoms with Crippen LogP contribution in [0.3, 0.4) is 0 Å². The molecule has 2 heterocycles. The van der Waals surface area contributed by atoms with Gasteiger partial charge < -0.3 is 10.2 Å². The summed E-state index contributed by atoms with van der Waals surface area (Å²) in [6.07, 6.45) is 8.39. The van der Waals surface area contributed by atoms with Crippen molar-refractivity contribution in [2.24, 2.45) is 16.0 Å². The third-order valence-electron chi connectivity index (χ3n) is 4.33. The van der Waals surface area contributed by atoms with E-state index in [4.69, 9.17) is 5.14 Å². The summed E-state index contributed by atoms with van der Waals surface area (Å²) >= 11 is 1.24. The molecule has 0 bridgehead atoms. The van der Waals surface area contributed by atoms with Crippen LogP contribution in [0.1, 0.15) is 46.0 Å². The monoisotopic (exact) mass is 310 g/mol. The minimum atomic E-state index is 0.0152. The third kappa shape index (κ3) is 4.48. The fourth-order valence-corrected chi connectivity index (χ4v) is 3.57. The minimum absolute atomic E-state index is 0.0152. The van der Waals surface area contributed by atoms with Gasteiger partial charge in [0.2, 0.25) is 6.41 Å². The molecule has 2 rings (SSSR count). The maximum atomic E-state index is 11.0. The summed E-state index contributed by atoms with van der Waals surface area (Å²) in [5.74, 6) is 1.66. The molecule has 1 atom stereocenters. The molecule has 0 aromatic heterocycles. The lowest BCUT2D eigenvalue weighted by molar-refractivity contribution is -0.120. The van der Waals surface area contributed by atoms with E-state index in [-0.39, 0.29) is 5.54 Å². The predicted octanol–water partition coefficient (Wildman–Crippen LogP) is 2.25. The highest BCUT2D eigenvalue weighted by atomic mass is 32.2. The largest absolute Gasteiger partial charge is 0.340 e. The van der Waals surface area contributed by atoms with Crippen LogP contribution in [0.25, 0.3) is 0 Å². The molecule has 1 saturated heterocycles. The SMILES string of the molecule is CC1(C)CC(CCCN=C2CCC=C(SN)N2)CN1C=O. The standard InChI is InChI=1S/C15H26N4OS/c1-15(2)9-12(10-19(15)11-20)5-4-8-17-13-6-3-7-14(18-13)21-16/h7,11-12H,3-6,8-10,16H2,1-2H3,(H,17,18). The van der Waals surface area contributed by atoms with Gasteiger partial charge in [-0.1, -0.05) is 6.08 Å². The summed E-state index contributed by atoms with van der Waals surface area (Å²) in [7, 11) is 0. The van der Waals surface area contributed by atoms with Gasteiger partial charge in [0.15, 0.2) is 0 Å². The minimum Gasteiger partial charge on any atom is -0.340 e. The normalized spacial score (nSPS) is 26.6. The molecule has 1 fully saturated rings. The first kappa shape index (κ1) is 16.4. The van der Waals surface area contributed by atoms with Crippen molar-refractivity contribution >= 4 is 24.2 Å². The highest BCUT2D eigenvalue weighted by molar-refractivity contribution is 8.00. The molecule has 1 unspecified atom stereocenters. The topological polar surface area (TPSA) is 70.7 Å². The van der Waals surface area contributed by atoms with Crippen LogP contribution in [0.4, 0.5) is 0 Å². The number of nitrogens with zero attached hydrogens (tertiary/aromatic N) is 2. The third-order valence-corrected chi connectivity index (χ3v) is 4.85. The highest BCUT2D eigenvalue weighted by Crippen LogP contribution is 2.33. The molecule has 0 aliphatic carbocycles. The number of amides is 1. The average molecular weight is 310 g/mol. The van der Waals surface area contributed by atoms with Gasteiger partial charge in [-0.05, 0) is 57.4 Å². The van der Waals surface area contributed by atoms with Crippen molar-refractivity contribution in [3.8, 4) is 0 Å². The van der Waals surface area contributed by atoms with Gasteiger partial charge in [0, 0.05) is 25.0 Å². The Morgan fingerprint density at radius 1 is 1.62 bits per heavy atom. The number of carbonyl (C=O) groups excluding carboxylic acids is 1. The smallest absolute Gasteiger partial charge is 0.210 e. The summed E-state index contributed by atoms with van der Waals surface area (Å²) in [4.78, 5) is 17.6. The quantitative estimate of drug-likeness (QED) is 0.448. The summed E-state index contributed by atoms with van der Waals surface area (Å²) < 4.78 is 0. The van der Waals surface area contributed by atoms with Crippen LogP contribution in [-0.2, 0) is 4.79 Å². The number of hydrogen-bond donors (Lipinski definition) is 2. The molecule has 1 amide bonds. The van der Waals surface area contributed by atoms with Crippen molar-refractivity contribution in [1.82, 2.24) is 10.2 Å². The van der Waals surface area contributed by atoms with Crippen LogP contribution in [0.2, 0.25) is 0 Å². The van der Waals surface area contributed by atoms with Gasteiger partial charge in [0.05, 0.1) is 5.03 Å². The van der Waals surface area contributed by atoms with Crippen LogP contribution in [0.15, 0.2) is 16.1 Å². The first-order valence-corrected chi connectivity index (χ1v) is 8.52. The molecule has 0 aromatic carbocycles. The van der Waals surface area contributed by atoms with Crippen molar-refractivity contribution in [2.75, 3.05) is 13.1 Å². The summed E-state index contributed by atoms with van der Waals surface area (Å²) in [6, 6.07) is 0. The maximum Gasteiger partial charge on any atom is 0.210 e. The fourth-order valence-electron chi connectivity index (χ4n) is 3.18. The Balaban J connectivity index is 1.71. The Bertz CT molecular complexity index is 433. The van der Waals surface area contributed by atoms with E-state index in [2.05, 4.69) is 30.2 Å². The second-order valence-corrected chi connectivity index (χ2v) is 7.14. The zero-order valence-electron chi connectivity index (χ0n) is 13.0. The van der Waals surface area contributed by atoms with E-state index >= 15 is 0 Å². The van der Waals surface area contributed by atoms with Gasteiger partial charge >= 0.3 is 0 Å². The number of allylic oxidation sites excluding steroid dienone is 1. The molecule has 118 valence electrons. The Morgan fingerprint density at radius 2 is 2.43 bits per heavy atom. The molecular weight excluding hydrogens is 284 g/mol. The number of amidine groups is 1. The molecule has 5 nitrogen and oxygen atoms in total. The Hall–Kier alpha value is -1.01. The van der Waals surface area contributed by atoms with Crippen LogP contribution in [0.5, 0.6) is 0 Å². The zero-order valence-corrected chi connectivity index (χ0v) is 13.8. The molecule has 0 saturated carbocycles. The number of nitrogens with one attached hydrogen (secondary N) is 1. The first-order valence-electron chi connectivity index (χ1n) is 7.64. The first-order chi connectivity index (χ1) is 10.0. The van der Waals surface area contributed by atoms with Gasteiger partial charge in [0.1, 0.15) is 5.84 Å². The number of nitrogens with two attached hydrogens (primary N) is 1. The van der Waals surface area contributed by atoms with Gasteiger partial charge in [-0.3, -0.25) is 14.9 Å². The van der Waals surface area contributed by atoms with Gasteiger partial charge in [-0.15, -0.1) is 0 Å². The van der Waals surface area contributed by atoms with Crippen LogP contribution in [-0.4, -0.2) is 35.8 Å². The van der Waals surface area contributed by atoms with E-state index in [0.717, 1.165) is 62.5 Å². The summed E-state index contributed by atoms with van der Waals surface area (Å²) in [5, 5.41) is 9.81. The molecule has 0 aromatic rings. The lowest BCUT2D eigenvalue weighted by Gasteiger charge is -2.27. The van der Waals surface area contributed by atoms with E-state index in [9.17, 15) is 4.79 Å². The highest BCUT2D eigenvalue weighted by Gasteiger charge is 2.36. The number of rotatable bonds is 6. The van der Waals surface area contributed by atoms with E-state index in [1.165, 1.54) is 11.9 Å². The average Bonchev–Trinajstić information content (AvgIpc) is 2.78. The van der Waals surface area contributed by atoms with Crippen LogP contribution >= 0.6 is 11.9 Å². The van der Waals surface area contributed by atoms with Crippen molar-refractivity contribution in [3.05, 3.63) is 11.1 Å². The lowest BCUT2D eigenvalue weighted by atomic mass is 9.93. The second-order valence-electron chi connectivity index (χ2n) is 6.46. The number of aliphatic imine (C=N–C) groups is 1. The fraction of sp³-hybridized carbons (Fsp3) is 0.733. The Morgan fingerprint density at radius 3 is 3.10 bits per heavy atom. The second kappa shape index (κ2) is 7.31.